The van der Waals surface area contributed by atoms with E-state index in [-0.39, 0.29) is 0 Å². The Bertz CT molecular complexity index is 781. The number of ether oxygens (including phenoxy) is 2. The number of oxazole rings is 1. The number of nitrogens with zero attached hydrogens (tertiary/aromatic N) is 1. The minimum Gasteiger partial charge on any atom is -0.497 e. The van der Waals surface area contributed by atoms with E-state index in [1.165, 1.54) is 0 Å². The van der Waals surface area contributed by atoms with Gasteiger partial charge < -0.3 is 13.9 Å². The third kappa shape index (κ3) is 2.85. The molecule has 1 aromatic heterocycles. The molecule has 4 nitrogen and oxygen atoms in total. The molecule has 0 saturated carbocycles. The minimum absolute atomic E-state index is 0.562. The second-order valence-corrected chi connectivity index (χ2v) is 5.53. The van der Waals surface area contributed by atoms with E-state index in [9.17, 15) is 0 Å². The Hall–Kier alpha value is -2.27. The topological polar surface area (TPSA) is 44.5 Å². The van der Waals surface area contributed by atoms with Crippen molar-refractivity contribution in [3.63, 3.8) is 0 Å². The maximum absolute atomic E-state index is 5.60. The van der Waals surface area contributed by atoms with Gasteiger partial charge in [0.1, 0.15) is 23.5 Å². The first-order valence-corrected chi connectivity index (χ1v) is 7.44. The van der Waals surface area contributed by atoms with Gasteiger partial charge in [0.2, 0.25) is 5.89 Å². The zero-order chi connectivity index (χ0) is 15.5. The van der Waals surface area contributed by atoms with Crippen molar-refractivity contribution in [2.24, 2.45) is 0 Å². The number of methoxy groups -OCH3 is 2. The standard InChI is InChI=1S/C17H14BrNO3/c1-20-13-7-8-16(21-2)14(9-13)15-10-22-17(19-15)11-3-5-12(18)6-4-11/h3-10H,1-2H3. The second-order valence-electron chi connectivity index (χ2n) is 4.61. The van der Waals surface area contributed by atoms with Gasteiger partial charge in [-0.2, -0.15) is 0 Å². The molecule has 5 heteroatoms. The lowest BCUT2D eigenvalue weighted by atomic mass is 10.1. The zero-order valence-electron chi connectivity index (χ0n) is 12.2. The summed E-state index contributed by atoms with van der Waals surface area (Å²) in [5.74, 6) is 2.02. The van der Waals surface area contributed by atoms with Crippen molar-refractivity contribution >= 4 is 15.9 Å². The Morgan fingerprint density at radius 2 is 1.77 bits per heavy atom. The summed E-state index contributed by atoms with van der Waals surface area (Å²) in [6, 6.07) is 13.4. The van der Waals surface area contributed by atoms with Gasteiger partial charge in [-0.05, 0) is 42.5 Å². The highest BCUT2D eigenvalue weighted by atomic mass is 79.9. The van der Waals surface area contributed by atoms with E-state index in [0.29, 0.717) is 11.6 Å². The Morgan fingerprint density at radius 1 is 1.00 bits per heavy atom. The molecule has 1 heterocycles. The Balaban J connectivity index is 2.01. The summed E-state index contributed by atoms with van der Waals surface area (Å²) in [5.41, 5.74) is 2.44. The molecule has 0 spiro atoms. The van der Waals surface area contributed by atoms with E-state index in [1.54, 1.807) is 20.5 Å². The van der Waals surface area contributed by atoms with Crippen molar-refractivity contribution in [3.8, 4) is 34.2 Å². The Morgan fingerprint density at radius 3 is 2.45 bits per heavy atom. The molecule has 0 unspecified atom stereocenters. The third-order valence-corrected chi connectivity index (χ3v) is 3.81. The fourth-order valence-electron chi connectivity index (χ4n) is 2.14. The molecule has 0 N–H and O–H groups in total. The summed E-state index contributed by atoms with van der Waals surface area (Å²) in [6.45, 7) is 0. The molecule has 112 valence electrons. The molecule has 3 aromatic rings. The summed E-state index contributed by atoms with van der Waals surface area (Å²) in [7, 11) is 3.25. The van der Waals surface area contributed by atoms with Crippen LogP contribution >= 0.6 is 15.9 Å². The summed E-state index contributed by atoms with van der Waals surface area (Å²) in [4.78, 5) is 4.55. The molecule has 0 amide bonds. The molecular weight excluding hydrogens is 346 g/mol. The van der Waals surface area contributed by atoms with Crippen LogP contribution in [-0.2, 0) is 0 Å². The molecular formula is C17H14BrNO3. The summed E-state index contributed by atoms with van der Waals surface area (Å²) in [5, 5.41) is 0. The van der Waals surface area contributed by atoms with Gasteiger partial charge in [0.05, 0.1) is 14.2 Å². The molecule has 2 aromatic carbocycles. The van der Waals surface area contributed by atoms with Gasteiger partial charge in [-0.25, -0.2) is 4.98 Å². The number of hydrogen-bond acceptors (Lipinski definition) is 4. The van der Waals surface area contributed by atoms with Crippen molar-refractivity contribution in [1.29, 1.82) is 0 Å². The molecule has 0 bridgehead atoms. The van der Waals surface area contributed by atoms with Gasteiger partial charge >= 0.3 is 0 Å². The van der Waals surface area contributed by atoms with E-state index in [2.05, 4.69) is 20.9 Å². The molecule has 0 radical (unpaired) electrons. The first-order chi connectivity index (χ1) is 10.7. The van der Waals surface area contributed by atoms with E-state index >= 15 is 0 Å². The lowest BCUT2D eigenvalue weighted by Crippen LogP contribution is -1.90. The van der Waals surface area contributed by atoms with E-state index in [0.717, 1.165) is 27.1 Å². The third-order valence-electron chi connectivity index (χ3n) is 3.28. The SMILES string of the molecule is COc1ccc(OC)c(-c2coc(-c3ccc(Br)cc3)n2)c1. The van der Waals surface area contributed by atoms with Crippen molar-refractivity contribution in [3.05, 3.63) is 53.2 Å². The van der Waals surface area contributed by atoms with Gasteiger partial charge in [0, 0.05) is 15.6 Å². The number of hydrogen-bond donors (Lipinski definition) is 0. The van der Waals surface area contributed by atoms with Gasteiger partial charge in [-0.15, -0.1) is 0 Å². The van der Waals surface area contributed by atoms with Crippen LogP contribution in [-0.4, -0.2) is 19.2 Å². The molecule has 0 aliphatic heterocycles. The van der Waals surface area contributed by atoms with Crippen LogP contribution in [0.15, 0.2) is 57.6 Å². The lowest BCUT2D eigenvalue weighted by Gasteiger charge is -2.07. The van der Waals surface area contributed by atoms with Crippen molar-refractivity contribution < 1.29 is 13.9 Å². The highest BCUT2D eigenvalue weighted by Crippen LogP contribution is 2.34. The van der Waals surface area contributed by atoms with Gasteiger partial charge in [-0.3, -0.25) is 0 Å². The number of rotatable bonds is 4. The average Bonchev–Trinajstić information content (AvgIpc) is 3.04. The van der Waals surface area contributed by atoms with E-state index < -0.39 is 0 Å². The largest absolute Gasteiger partial charge is 0.497 e. The maximum atomic E-state index is 5.60. The van der Waals surface area contributed by atoms with Gasteiger partial charge in [-0.1, -0.05) is 15.9 Å². The fourth-order valence-corrected chi connectivity index (χ4v) is 2.40. The van der Waals surface area contributed by atoms with Crippen molar-refractivity contribution in [1.82, 2.24) is 4.98 Å². The molecule has 0 saturated heterocycles. The highest BCUT2D eigenvalue weighted by molar-refractivity contribution is 9.10. The highest BCUT2D eigenvalue weighted by Gasteiger charge is 2.13. The minimum atomic E-state index is 0.562. The van der Waals surface area contributed by atoms with Crippen LogP contribution < -0.4 is 9.47 Å². The monoisotopic (exact) mass is 359 g/mol. The van der Waals surface area contributed by atoms with E-state index in [4.69, 9.17) is 13.9 Å². The Kier molecular flexibility index (Phi) is 4.15. The number of aromatic nitrogens is 1. The van der Waals surface area contributed by atoms with Crippen LogP contribution in [0.25, 0.3) is 22.7 Å². The first-order valence-electron chi connectivity index (χ1n) is 6.65. The van der Waals surface area contributed by atoms with Gasteiger partial charge in [0.25, 0.3) is 0 Å². The normalized spacial score (nSPS) is 10.5. The molecule has 22 heavy (non-hydrogen) atoms. The van der Waals surface area contributed by atoms with Crippen LogP contribution in [0.2, 0.25) is 0 Å². The lowest BCUT2D eigenvalue weighted by molar-refractivity contribution is 0.404. The zero-order valence-corrected chi connectivity index (χ0v) is 13.8. The van der Waals surface area contributed by atoms with Crippen molar-refractivity contribution in [2.45, 2.75) is 0 Å². The molecule has 0 aliphatic rings. The summed E-state index contributed by atoms with van der Waals surface area (Å²) < 4.78 is 17.3. The summed E-state index contributed by atoms with van der Waals surface area (Å²) in [6.07, 6.45) is 1.62. The molecule has 0 aliphatic carbocycles. The quantitative estimate of drug-likeness (QED) is 0.671. The molecule has 0 fully saturated rings. The first kappa shape index (κ1) is 14.7. The number of benzene rings is 2. The molecule has 3 rings (SSSR count). The predicted octanol–water partition coefficient (Wildman–Crippen LogP) is 4.79. The van der Waals surface area contributed by atoms with Crippen LogP contribution in [0, 0.1) is 0 Å². The van der Waals surface area contributed by atoms with Crippen LogP contribution in [0.3, 0.4) is 0 Å². The van der Waals surface area contributed by atoms with Crippen molar-refractivity contribution in [2.75, 3.05) is 14.2 Å². The molecule has 0 atom stereocenters. The smallest absolute Gasteiger partial charge is 0.226 e. The van der Waals surface area contributed by atoms with Crippen LogP contribution in [0.5, 0.6) is 11.5 Å². The number of halogens is 1. The summed E-state index contributed by atoms with van der Waals surface area (Å²) >= 11 is 3.41. The maximum Gasteiger partial charge on any atom is 0.226 e. The van der Waals surface area contributed by atoms with Crippen LogP contribution in [0.4, 0.5) is 0 Å². The van der Waals surface area contributed by atoms with E-state index in [1.807, 2.05) is 42.5 Å². The Labute approximate surface area is 136 Å². The average molecular weight is 360 g/mol. The fraction of sp³-hybridized carbons (Fsp3) is 0.118. The predicted molar refractivity (Wildman–Crippen MR) is 88.2 cm³/mol. The van der Waals surface area contributed by atoms with Crippen LogP contribution in [0.1, 0.15) is 0 Å². The second kappa shape index (κ2) is 6.23. The van der Waals surface area contributed by atoms with Gasteiger partial charge in [0.15, 0.2) is 0 Å².